The zero-order valence-corrected chi connectivity index (χ0v) is 34.5. The highest BCUT2D eigenvalue weighted by Crippen LogP contribution is 2.33. The molecule has 0 saturated carbocycles. The number of halogens is 1. The lowest BCUT2D eigenvalue weighted by atomic mass is 9.72. The maximum Gasteiger partial charge on any atom is 0.167 e. The number of Topliss-reactive ketones (excluding diaryl/α,β-unsaturated/α-hetero) is 2. The summed E-state index contributed by atoms with van der Waals surface area (Å²) in [7, 11) is 0. The summed E-state index contributed by atoms with van der Waals surface area (Å²) in [6.45, 7) is 6.75. The topological polar surface area (TPSA) is 121 Å². The number of unbranched alkanes of at least 4 members (excludes halogenated alkanes) is 28. The average molecular weight is 733 g/mol. The number of hydrogen-bond acceptors (Lipinski definition) is 6. The Labute approximate surface area is 316 Å². The van der Waals surface area contributed by atoms with Crippen molar-refractivity contribution < 1.29 is 24.9 Å². The Morgan fingerprint density at radius 3 is 0.940 bits per heavy atom. The maximum atomic E-state index is 13.1. The quantitative estimate of drug-likeness (QED) is 0.0469. The normalized spacial score (nSPS) is 15.2. The van der Waals surface area contributed by atoms with E-state index in [9.17, 15) is 24.9 Å². The van der Waals surface area contributed by atoms with Crippen LogP contribution >= 0.6 is 12.4 Å². The van der Waals surface area contributed by atoms with E-state index in [0.717, 1.165) is 32.1 Å². The van der Waals surface area contributed by atoms with Crippen molar-refractivity contribution in [3.05, 3.63) is 0 Å². The molecule has 3 unspecified atom stereocenters. The van der Waals surface area contributed by atoms with E-state index in [1.54, 1.807) is 0 Å². The third-order valence-corrected chi connectivity index (χ3v) is 11.0. The van der Waals surface area contributed by atoms with Crippen molar-refractivity contribution in [2.45, 2.75) is 256 Å². The van der Waals surface area contributed by atoms with Crippen molar-refractivity contribution in [3.8, 4) is 0 Å². The molecular weight excluding hydrogens is 646 g/mol. The van der Waals surface area contributed by atoms with E-state index in [-0.39, 0.29) is 31.0 Å². The molecule has 0 bridgehead atoms. The van der Waals surface area contributed by atoms with Gasteiger partial charge >= 0.3 is 0 Å². The third kappa shape index (κ3) is 25.4. The van der Waals surface area contributed by atoms with E-state index >= 15 is 0 Å². The van der Waals surface area contributed by atoms with Gasteiger partial charge < -0.3 is 21.1 Å². The lowest BCUT2D eigenvalue weighted by molar-refractivity contribution is -0.183. The standard InChI is InChI=1S/C43H85NO5.ClH/c1-5-7-9-11-13-15-17-19-21-23-25-27-29-31-33-35-39(45)41(3,47)37-43(49,38-44)42(4,48)40(46)36-34-32-30-28-26-24-22-20-18-16-14-12-10-8-6-2;/h47-49H,5-38,44H2,1-4H3;1H. The highest BCUT2D eigenvalue weighted by Gasteiger charge is 2.53. The molecule has 0 amide bonds. The largest absolute Gasteiger partial charge is 0.385 e. The Morgan fingerprint density at radius 1 is 0.440 bits per heavy atom. The molecule has 0 saturated heterocycles. The second-order valence-electron chi connectivity index (χ2n) is 16.0. The average Bonchev–Trinajstić information content (AvgIpc) is 3.07. The van der Waals surface area contributed by atoms with Gasteiger partial charge in [-0.25, -0.2) is 0 Å². The molecule has 300 valence electrons. The minimum atomic E-state index is -2.14. The summed E-state index contributed by atoms with van der Waals surface area (Å²) in [5.41, 5.74) is -0.229. The molecule has 0 aromatic carbocycles. The molecule has 0 aliphatic rings. The van der Waals surface area contributed by atoms with Crippen LogP contribution in [0.2, 0.25) is 0 Å². The van der Waals surface area contributed by atoms with E-state index in [1.165, 1.54) is 162 Å². The van der Waals surface area contributed by atoms with Gasteiger partial charge in [0.2, 0.25) is 0 Å². The molecule has 50 heavy (non-hydrogen) atoms. The highest BCUT2D eigenvalue weighted by atomic mass is 35.5. The fraction of sp³-hybridized carbons (Fsp3) is 0.953. The van der Waals surface area contributed by atoms with Gasteiger partial charge in [-0.05, 0) is 26.7 Å². The maximum absolute atomic E-state index is 13.1. The number of hydrogen-bond donors (Lipinski definition) is 4. The number of aliphatic hydroxyl groups is 3. The van der Waals surface area contributed by atoms with Crippen LogP contribution in [0.1, 0.15) is 240 Å². The summed E-state index contributed by atoms with van der Waals surface area (Å²) >= 11 is 0. The number of nitrogens with two attached hydrogens (primary N) is 1. The van der Waals surface area contributed by atoms with E-state index in [0.29, 0.717) is 12.8 Å². The minimum absolute atomic E-state index is 0. The number of rotatable bonds is 38. The van der Waals surface area contributed by atoms with Crippen LogP contribution in [0, 0.1) is 0 Å². The Morgan fingerprint density at radius 2 is 0.680 bits per heavy atom. The Kier molecular flexibility index (Phi) is 34.1. The molecule has 0 aliphatic carbocycles. The second kappa shape index (κ2) is 33.1. The fourth-order valence-corrected chi connectivity index (χ4v) is 7.20. The Bertz CT molecular complexity index is 789. The highest BCUT2D eigenvalue weighted by molar-refractivity contribution is 5.89. The van der Waals surface area contributed by atoms with Gasteiger partial charge in [-0.15, -0.1) is 12.4 Å². The van der Waals surface area contributed by atoms with Gasteiger partial charge in [0.05, 0.1) is 0 Å². The van der Waals surface area contributed by atoms with Gasteiger partial charge in [0, 0.05) is 25.8 Å². The molecule has 3 atom stereocenters. The fourth-order valence-electron chi connectivity index (χ4n) is 7.20. The summed E-state index contributed by atoms with van der Waals surface area (Å²) < 4.78 is 0. The van der Waals surface area contributed by atoms with Crippen molar-refractivity contribution in [3.63, 3.8) is 0 Å². The van der Waals surface area contributed by atoms with Crippen molar-refractivity contribution in [2.24, 2.45) is 5.73 Å². The van der Waals surface area contributed by atoms with E-state index in [2.05, 4.69) is 13.8 Å². The summed E-state index contributed by atoms with van der Waals surface area (Å²) in [6, 6.07) is 0. The number of carbonyl (C=O) groups is 2. The molecule has 0 aliphatic heterocycles. The van der Waals surface area contributed by atoms with Crippen LogP contribution in [0.5, 0.6) is 0 Å². The molecule has 0 radical (unpaired) electrons. The van der Waals surface area contributed by atoms with Crippen molar-refractivity contribution in [1.82, 2.24) is 0 Å². The first kappa shape index (κ1) is 51.6. The molecule has 0 spiro atoms. The summed E-state index contributed by atoms with van der Waals surface area (Å²) in [5.74, 6) is -0.861. The molecule has 0 aromatic heterocycles. The van der Waals surface area contributed by atoms with Crippen molar-refractivity contribution >= 4 is 24.0 Å². The summed E-state index contributed by atoms with van der Waals surface area (Å²) in [4.78, 5) is 26.0. The van der Waals surface area contributed by atoms with Crippen molar-refractivity contribution in [2.75, 3.05) is 6.54 Å². The molecule has 0 aromatic rings. The van der Waals surface area contributed by atoms with Crippen LogP contribution in [0.25, 0.3) is 0 Å². The van der Waals surface area contributed by atoms with Gasteiger partial charge in [-0.2, -0.15) is 0 Å². The monoisotopic (exact) mass is 732 g/mol. The van der Waals surface area contributed by atoms with Crippen LogP contribution in [-0.2, 0) is 9.59 Å². The van der Waals surface area contributed by atoms with Crippen molar-refractivity contribution in [1.29, 1.82) is 0 Å². The zero-order valence-electron chi connectivity index (χ0n) is 33.7. The van der Waals surface area contributed by atoms with Crippen LogP contribution in [0.4, 0.5) is 0 Å². The van der Waals surface area contributed by atoms with Crippen LogP contribution in [-0.4, -0.2) is 50.2 Å². The van der Waals surface area contributed by atoms with E-state index < -0.39 is 35.6 Å². The molecule has 6 nitrogen and oxygen atoms in total. The molecule has 0 heterocycles. The predicted octanol–water partition coefficient (Wildman–Crippen LogP) is 11.7. The smallest absolute Gasteiger partial charge is 0.167 e. The second-order valence-corrected chi connectivity index (χ2v) is 16.0. The third-order valence-electron chi connectivity index (χ3n) is 11.0. The predicted molar refractivity (Wildman–Crippen MR) is 216 cm³/mol. The molecule has 5 N–H and O–H groups in total. The van der Waals surface area contributed by atoms with Gasteiger partial charge in [0.1, 0.15) is 16.8 Å². The van der Waals surface area contributed by atoms with E-state index in [4.69, 9.17) is 5.73 Å². The summed E-state index contributed by atoms with van der Waals surface area (Å²) in [5, 5.41) is 33.5. The number of ketones is 2. The van der Waals surface area contributed by atoms with Gasteiger partial charge in [0.15, 0.2) is 11.6 Å². The van der Waals surface area contributed by atoms with Gasteiger partial charge in [0.25, 0.3) is 0 Å². The molecule has 0 fully saturated rings. The first-order chi connectivity index (χ1) is 23.5. The zero-order chi connectivity index (χ0) is 36.7. The first-order valence-electron chi connectivity index (χ1n) is 21.4. The molecular formula is C43H86ClNO5. The molecule has 7 heteroatoms. The van der Waals surface area contributed by atoms with Crippen LogP contribution in [0.15, 0.2) is 0 Å². The van der Waals surface area contributed by atoms with Gasteiger partial charge in [-0.1, -0.05) is 194 Å². The Hall–Kier alpha value is -0.530. The van der Waals surface area contributed by atoms with Gasteiger partial charge in [-0.3, -0.25) is 9.59 Å². The summed E-state index contributed by atoms with van der Waals surface area (Å²) in [6.07, 6.45) is 36.9. The van der Waals surface area contributed by atoms with Crippen LogP contribution < -0.4 is 5.73 Å². The number of carbonyl (C=O) groups excluding carboxylic acids is 2. The SMILES string of the molecule is CCCCCCCCCCCCCCCCCC(=O)C(C)(O)CC(O)(CN)C(C)(O)C(=O)CCCCCCCCCCCCCCCCC.Cl. The molecule has 0 rings (SSSR count). The van der Waals surface area contributed by atoms with E-state index in [1.807, 2.05) is 0 Å². The lowest BCUT2D eigenvalue weighted by Gasteiger charge is -2.42. The minimum Gasteiger partial charge on any atom is -0.385 e. The first-order valence-corrected chi connectivity index (χ1v) is 21.4. The van der Waals surface area contributed by atoms with Crippen LogP contribution in [0.3, 0.4) is 0 Å². The Balaban J connectivity index is 0. The lowest BCUT2D eigenvalue weighted by Crippen LogP contribution is -2.64.